The molecule has 10 heteroatoms. The lowest BCUT2D eigenvalue weighted by Crippen LogP contribution is -2.51. The number of sulfonamides is 1. The topological polar surface area (TPSA) is 93.3 Å². The van der Waals surface area contributed by atoms with Gasteiger partial charge in [-0.05, 0) is 13.0 Å². The Labute approximate surface area is 140 Å². The smallest absolute Gasteiger partial charge is 0.246 e. The maximum absolute atomic E-state index is 12.5. The molecule has 1 aliphatic rings. The van der Waals surface area contributed by atoms with E-state index in [0.717, 1.165) is 5.69 Å². The van der Waals surface area contributed by atoms with Gasteiger partial charge >= 0.3 is 0 Å². The number of hydrogen-bond acceptors (Lipinski definition) is 5. The zero-order valence-corrected chi connectivity index (χ0v) is 14.5. The van der Waals surface area contributed by atoms with Crippen LogP contribution in [-0.2, 0) is 28.4 Å². The normalized spacial score (nSPS) is 16.5. The zero-order chi connectivity index (χ0) is 17.3. The minimum atomic E-state index is -3.55. The molecule has 0 aromatic carbocycles. The van der Waals surface area contributed by atoms with Crippen LogP contribution in [0, 0.1) is 6.92 Å². The first-order chi connectivity index (χ1) is 11.4. The Kier molecular flexibility index (Phi) is 4.41. The molecule has 1 saturated heterocycles. The second-order valence-corrected chi connectivity index (χ2v) is 7.73. The maximum Gasteiger partial charge on any atom is 0.246 e. The van der Waals surface area contributed by atoms with Crippen molar-refractivity contribution in [1.82, 2.24) is 28.8 Å². The predicted molar refractivity (Wildman–Crippen MR) is 85.5 cm³/mol. The minimum absolute atomic E-state index is 0.0588. The number of carbonyl (C=O) groups excluding carboxylic acids is 1. The molecule has 2 aromatic heterocycles. The van der Waals surface area contributed by atoms with E-state index in [-0.39, 0.29) is 30.4 Å². The number of amides is 1. The van der Waals surface area contributed by atoms with Crippen LogP contribution in [0.3, 0.4) is 0 Å². The lowest BCUT2D eigenvalue weighted by Gasteiger charge is -2.33. The Balaban J connectivity index is 1.60. The highest BCUT2D eigenvalue weighted by Gasteiger charge is 2.30. The summed E-state index contributed by atoms with van der Waals surface area (Å²) in [6.07, 6.45) is 4.58. The van der Waals surface area contributed by atoms with Gasteiger partial charge in [0.2, 0.25) is 15.9 Å². The molecule has 0 aliphatic carbocycles. The monoisotopic (exact) mass is 352 g/mol. The molecule has 0 unspecified atom stereocenters. The number of carbonyl (C=O) groups is 1. The van der Waals surface area contributed by atoms with Crippen LogP contribution < -0.4 is 0 Å². The molecule has 130 valence electrons. The zero-order valence-electron chi connectivity index (χ0n) is 13.7. The molecule has 1 aliphatic heterocycles. The van der Waals surface area contributed by atoms with Gasteiger partial charge in [0.05, 0.1) is 11.9 Å². The first-order valence-corrected chi connectivity index (χ1v) is 9.07. The van der Waals surface area contributed by atoms with E-state index in [2.05, 4.69) is 10.2 Å². The van der Waals surface area contributed by atoms with Crippen molar-refractivity contribution in [3.63, 3.8) is 0 Å². The van der Waals surface area contributed by atoms with E-state index < -0.39 is 10.0 Å². The SMILES string of the molecule is Cc1ccn(CC(=O)N2CCN(S(=O)(=O)c3cnn(C)c3)CC2)n1. The van der Waals surface area contributed by atoms with E-state index >= 15 is 0 Å². The number of piperazine rings is 1. The fourth-order valence-electron chi connectivity index (χ4n) is 2.65. The average Bonchev–Trinajstić information content (AvgIpc) is 3.16. The number of hydrogen-bond donors (Lipinski definition) is 0. The highest BCUT2D eigenvalue weighted by molar-refractivity contribution is 7.89. The summed E-state index contributed by atoms with van der Waals surface area (Å²) in [5.41, 5.74) is 0.857. The first-order valence-electron chi connectivity index (χ1n) is 7.63. The van der Waals surface area contributed by atoms with Crippen LogP contribution in [0.5, 0.6) is 0 Å². The number of aryl methyl sites for hydroxylation is 2. The third-order valence-electron chi connectivity index (χ3n) is 3.98. The predicted octanol–water partition coefficient (Wildman–Crippen LogP) is -0.542. The lowest BCUT2D eigenvalue weighted by atomic mass is 10.3. The third kappa shape index (κ3) is 3.34. The summed E-state index contributed by atoms with van der Waals surface area (Å²) in [5.74, 6) is -0.0588. The number of aromatic nitrogens is 4. The van der Waals surface area contributed by atoms with Gasteiger partial charge in [-0.15, -0.1) is 0 Å². The van der Waals surface area contributed by atoms with Gasteiger partial charge in [0, 0.05) is 45.6 Å². The van der Waals surface area contributed by atoms with Crippen molar-refractivity contribution < 1.29 is 13.2 Å². The molecular formula is C14H20N6O3S. The Morgan fingerprint density at radius 2 is 1.96 bits per heavy atom. The molecule has 24 heavy (non-hydrogen) atoms. The van der Waals surface area contributed by atoms with E-state index in [9.17, 15) is 13.2 Å². The Bertz CT molecular complexity index is 832. The number of rotatable bonds is 4. The second-order valence-electron chi connectivity index (χ2n) is 5.79. The average molecular weight is 352 g/mol. The Morgan fingerprint density at radius 3 is 2.50 bits per heavy atom. The molecule has 9 nitrogen and oxygen atoms in total. The van der Waals surface area contributed by atoms with E-state index in [4.69, 9.17) is 0 Å². The highest BCUT2D eigenvalue weighted by Crippen LogP contribution is 2.16. The highest BCUT2D eigenvalue weighted by atomic mass is 32.2. The van der Waals surface area contributed by atoms with E-state index in [1.807, 2.05) is 13.0 Å². The van der Waals surface area contributed by atoms with Gasteiger partial charge in [-0.25, -0.2) is 8.42 Å². The Hall–Kier alpha value is -2.20. The van der Waals surface area contributed by atoms with E-state index in [0.29, 0.717) is 13.1 Å². The fraction of sp³-hybridized carbons (Fsp3) is 0.500. The molecule has 1 fully saturated rings. The van der Waals surface area contributed by atoms with Crippen LogP contribution in [-0.4, -0.2) is 69.3 Å². The number of nitrogens with zero attached hydrogens (tertiary/aromatic N) is 6. The molecule has 2 aromatic rings. The van der Waals surface area contributed by atoms with Crippen molar-refractivity contribution in [3.05, 3.63) is 30.4 Å². The summed E-state index contributed by atoms with van der Waals surface area (Å²) in [6, 6.07) is 1.84. The lowest BCUT2D eigenvalue weighted by molar-refractivity contribution is -0.133. The molecule has 1 amide bonds. The molecule has 3 heterocycles. The molecule has 0 saturated carbocycles. The van der Waals surface area contributed by atoms with Gasteiger partial charge in [-0.3, -0.25) is 14.2 Å². The Morgan fingerprint density at radius 1 is 1.25 bits per heavy atom. The van der Waals surface area contributed by atoms with Crippen LogP contribution in [0.1, 0.15) is 5.69 Å². The molecule has 0 radical (unpaired) electrons. The van der Waals surface area contributed by atoms with Gasteiger partial charge < -0.3 is 4.90 Å². The van der Waals surface area contributed by atoms with Crippen molar-refractivity contribution in [2.24, 2.45) is 7.05 Å². The quantitative estimate of drug-likeness (QED) is 0.737. The van der Waals surface area contributed by atoms with Gasteiger partial charge in [0.15, 0.2) is 0 Å². The van der Waals surface area contributed by atoms with E-state index in [1.54, 1.807) is 22.8 Å². The largest absolute Gasteiger partial charge is 0.338 e. The summed E-state index contributed by atoms with van der Waals surface area (Å²) in [4.78, 5) is 14.1. The minimum Gasteiger partial charge on any atom is -0.338 e. The van der Waals surface area contributed by atoms with Crippen LogP contribution in [0.4, 0.5) is 0 Å². The van der Waals surface area contributed by atoms with Crippen molar-refractivity contribution in [2.45, 2.75) is 18.4 Å². The molecule has 0 atom stereocenters. The summed E-state index contributed by atoms with van der Waals surface area (Å²) >= 11 is 0. The first kappa shape index (κ1) is 16.7. The van der Waals surface area contributed by atoms with Crippen LogP contribution in [0.15, 0.2) is 29.6 Å². The standard InChI is InChI=1S/C14H20N6O3S/c1-12-3-4-19(16-12)11-14(21)18-5-7-20(8-6-18)24(22,23)13-9-15-17(2)10-13/h3-4,9-10H,5-8,11H2,1-2H3. The van der Waals surface area contributed by atoms with Crippen LogP contribution in [0.2, 0.25) is 0 Å². The van der Waals surface area contributed by atoms with Gasteiger partial charge in [0.1, 0.15) is 11.4 Å². The summed E-state index contributed by atoms with van der Waals surface area (Å²) in [7, 11) is -1.88. The fourth-order valence-corrected chi connectivity index (χ4v) is 4.06. The summed E-state index contributed by atoms with van der Waals surface area (Å²) in [6.45, 7) is 3.34. The summed E-state index contributed by atoms with van der Waals surface area (Å²) < 4.78 is 29.5. The van der Waals surface area contributed by atoms with Gasteiger partial charge in [-0.1, -0.05) is 0 Å². The van der Waals surface area contributed by atoms with Crippen molar-refractivity contribution in [2.75, 3.05) is 26.2 Å². The molecule has 3 rings (SSSR count). The molecular weight excluding hydrogens is 332 g/mol. The van der Waals surface area contributed by atoms with E-state index in [1.165, 1.54) is 21.4 Å². The second kappa shape index (κ2) is 6.36. The van der Waals surface area contributed by atoms with Gasteiger partial charge in [-0.2, -0.15) is 14.5 Å². The molecule has 0 bridgehead atoms. The summed E-state index contributed by atoms with van der Waals surface area (Å²) in [5, 5.41) is 8.10. The van der Waals surface area contributed by atoms with Crippen molar-refractivity contribution >= 4 is 15.9 Å². The third-order valence-corrected chi connectivity index (χ3v) is 5.83. The van der Waals surface area contributed by atoms with Crippen molar-refractivity contribution in [1.29, 1.82) is 0 Å². The van der Waals surface area contributed by atoms with Crippen LogP contribution in [0.25, 0.3) is 0 Å². The van der Waals surface area contributed by atoms with Crippen molar-refractivity contribution in [3.8, 4) is 0 Å². The maximum atomic E-state index is 12.5. The molecule has 0 spiro atoms. The molecule has 0 N–H and O–H groups in total. The van der Waals surface area contributed by atoms with Gasteiger partial charge in [0.25, 0.3) is 0 Å². The van der Waals surface area contributed by atoms with Crippen LogP contribution >= 0.6 is 0 Å².